The molecule has 1 aromatic carbocycles. The summed E-state index contributed by atoms with van der Waals surface area (Å²) in [6.07, 6.45) is 16.0. The van der Waals surface area contributed by atoms with E-state index in [2.05, 4.69) is 26.9 Å². The second-order valence-corrected chi connectivity index (χ2v) is 7.25. The number of aliphatic imine (C=N–C) groups is 1. The average molecular weight is 418 g/mol. The Morgan fingerprint density at radius 3 is 2.97 bits per heavy atom. The molecule has 31 heavy (non-hydrogen) atoms. The van der Waals surface area contributed by atoms with E-state index in [4.69, 9.17) is 5.73 Å². The highest BCUT2D eigenvalue weighted by Gasteiger charge is 2.10. The maximum Gasteiger partial charge on any atom is 0.165 e. The van der Waals surface area contributed by atoms with Crippen molar-refractivity contribution in [3.63, 3.8) is 0 Å². The van der Waals surface area contributed by atoms with E-state index >= 15 is 0 Å². The molecule has 5 nitrogen and oxygen atoms in total. The number of benzene rings is 1. The SMILES string of the molecule is C=CCCCC1=CC(F)=C(/C=C\c2ccc3ncnc(N=C(N)/C=C\CC)c3c2)NC1. The van der Waals surface area contributed by atoms with Gasteiger partial charge < -0.3 is 11.1 Å². The first kappa shape index (κ1) is 22.2. The van der Waals surface area contributed by atoms with Crippen molar-refractivity contribution in [3.8, 4) is 0 Å². The molecule has 0 unspecified atom stereocenters. The molecule has 0 saturated heterocycles. The maximum atomic E-state index is 14.5. The molecule has 3 rings (SSSR count). The van der Waals surface area contributed by atoms with Crippen molar-refractivity contribution >= 4 is 28.6 Å². The summed E-state index contributed by atoms with van der Waals surface area (Å²) in [4.78, 5) is 13.0. The number of nitrogens with two attached hydrogens (primary N) is 1. The van der Waals surface area contributed by atoms with Crippen LogP contribution < -0.4 is 11.1 Å². The fraction of sp³-hybridized carbons (Fsp3) is 0.240. The molecule has 6 heteroatoms. The fourth-order valence-electron chi connectivity index (χ4n) is 3.20. The molecule has 0 radical (unpaired) electrons. The standard InChI is InChI=1S/C25H28FN5/c1-3-5-7-8-19-15-21(26)23(28-16-19)13-11-18-10-12-22-20(14-18)25(30-17-29-22)31-24(27)9-6-4-2/h3,6,9-15,17,28H,1,4-5,7-8,16H2,2H3,(H2,27,29,30,31)/b9-6-,13-11-. The third kappa shape index (κ3) is 6.22. The minimum Gasteiger partial charge on any atom is -0.384 e. The summed E-state index contributed by atoms with van der Waals surface area (Å²) in [5, 5.41) is 3.95. The lowest BCUT2D eigenvalue weighted by Gasteiger charge is -2.16. The van der Waals surface area contributed by atoms with Crippen molar-refractivity contribution < 1.29 is 4.39 Å². The first-order chi connectivity index (χ1) is 15.1. The van der Waals surface area contributed by atoms with Crippen molar-refractivity contribution in [3.05, 3.63) is 84.1 Å². The van der Waals surface area contributed by atoms with Gasteiger partial charge in [0.15, 0.2) is 5.82 Å². The Balaban J connectivity index is 1.83. The van der Waals surface area contributed by atoms with E-state index in [-0.39, 0.29) is 5.83 Å². The van der Waals surface area contributed by atoms with Gasteiger partial charge in [-0.3, -0.25) is 0 Å². The second kappa shape index (κ2) is 11.0. The molecule has 0 aliphatic carbocycles. The molecule has 1 aromatic heterocycles. The quantitative estimate of drug-likeness (QED) is 0.239. The van der Waals surface area contributed by atoms with E-state index in [0.717, 1.165) is 47.7 Å². The number of fused-ring (bicyclic) bond motifs is 1. The lowest BCUT2D eigenvalue weighted by atomic mass is 10.0. The normalized spacial score (nSPS) is 15.0. The molecule has 0 atom stereocenters. The number of hydrogen-bond donors (Lipinski definition) is 2. The minimum absolute atomic E-state index is 0.249. The monoisotopic (exact) mass is 417 g/mol. The Kier molecular flexibility index (Phi) is 7.87. The van der Waals surface area contributed by atoms with E-state index in [1.807, 2.05) is 43.4 Å². The van der Waals surface area contributed by atoms with Gasteiger partial charge in [-0.2, -0.15) is 0 Å². The van der Waals surface area contributed by atoms with Gasteiger partial charge in [0.05, 0.1) is 11.2 Å². The van der Waals surface area contributed by atoms with Crippen LogP contribution >= 0.6 is 0 Å². The number of dihydropyridines is 1. The molecule has 1 aliphatic heterocycles. The van der Waals surface area contributed by atoms with Crippen LogP contribution in [0.5, 0.6) is 0 Å². The Labute approximate surface area is 182 Å². The number of unbranched alkanes of at least 4 members (excludes halogenated alkanes) is 1. The van der Waals surface area contributed by atoms with E-state index in [1.54, 1.807) is 18.2 Å². The molecule has 160 valence electrons. The summed E-state index contributed by atoms with van der Waals surface area (Å²) in [5.41, 5.74) is 9.17. The van der Waals surface area contributed by atoms with Gasteiger partial charge in [0.2, 0.25) is 0 Å². The molecule has 0 bridgehead atoms. The highest BCUT2D eigenvalue weighted by atomic mass is 19.1. The Morgan fingerprint density at radius 1 is 1.32 bits per heavy atom. The zero-order chi connectivity index (χ0) is 22.1. The molecular weight excluding hydrogens is 389 g/mol. The zero-order valence-electron chi connectivity index (χ0n) is 17.8. The van der Waals surface area contributed by atoms with Crippen LogP contribution in [0.4, 0.5) is 10.2 Å². The first-order valence-electron chi connectivity index (χ1n) is 10.5. The van der Waals surface area contributed by atoms with Gasteiger partial charge in [0, 0.05) is 11.9 Å². The smallest absolute Gasteiger partial charge is 0.165 e. The van der Waals surface area contributed by atoms with E-state index in [1.165, 1.54) is 6.33 Å². The fourth-order valence-corrected chi connectivity index (χ4v) is 3.20. The number of amidine groups is 1. The third-order valence-electron chi connectivity index (χ3n) is 4.84. The molecule has 2 heterocycles. The van der Waals surface area contributed by atoms with E-state index < -0.39 is 0 Å². The van der Waals surface area contributed by atoms with Gasteiger partial charge in [-0.05, 0) is 67.2 Å². The van der Waals surface area contributed by atoms with E-state index in [0.29, 0.717) is 23.9 Å². The number of hydrogen-bond acceptors (Lipinski definition) is 4. The van der Waals surface area contributed by atoms with Crippen LogP contribution in [-0.4, -0.2) is 22.3 Å². The molecule has 0 spiro atoms. The van der Waals surface area contributed by atoms with Crippen molar-refractivity contribution in [1.82, 2.24) is 15.3 Å². The summed E-state index contributed by atoms with van der Waals surface area (Å²) in [7, 11) is 0. The third-order valence-corrected chi connectivity index (χ3v) is 4.84. The molecule has 1 aliphatic rings. The van der Waals surface area contributed by atoms with Crippen molar-refractivity contribution in [2.75, 3.05) is 6.54 Å². The largest absolute Gasteiger partial charge is 0.384 e. The predicted octanol–water partition coefficient (Wildman–Crippen LogP) is 5.66. The number of rotatable bonds is 9. The lowest BCUT2D eigenvalue weighted by Crippen LogP contribution is -2.20. The summed E-state index contributed by atoms with van der Waals surface area (Å²) < 4.78 is 14.5. The number of aromatic nitrogens is 2. The molecule has 0 amide bonds. The van der Waals surface area contributed by atoms with Crippen LogP contribution in [0.25, 0.3) is 17.0 Å². The molecule has 2 aromatic rings. The van der Waals surface area contributed by atoms with Gasteiger partial charge in [0.1, 0.15) is 18.0 Å². The highest BCUT2D eigenvalue weighted by molar-refractivity contribution is 5.97. The number of nitrogens with one attached hydrogen (secondary N) is 1. The Morgan fingerprint density at radius 2 is 2.19 bits per heavy atom. The lowest BCUT2D eigenvalue weighted by molar-refractivity contribution is 0.620. The Bertz CT molecular complexity index is 1090. The average Bonchev–Trinajstić information content (AvgIpc) is 2.77. The highest BCUT2D eigenvalue weighted by Crippen LogP contribution is 2.25. The maximum absolute atomic E-state index is 14.5. The summed E-state index contributed by atoms with van der Waals surface area (Å²) in [6.45, 7) is 6.40. The van der Waals surface area contributed by atoms with Crippen LogP contribution in [0.2, 0.25) is 0 Å². The molecule has 0 saturated carbocycles. The van der Waals surface area contributed by atoms with Crippen LogP contribution in [0, 0.1) is 0 Å². The summed E-state index contributed by atoms with van der Waals surface area (Å²) >= 11 is 0. The molecule has 0 fully saturated rings. The van der Waals surface area contributed by atoms with Gasteiger partial charge in [-0.1, -0.05) is 31.2 Å². The van der Waals surface area contributed by atoms with Crippen molar-refractivity contribution in [1.29, 1.82) is 0 Å². The predicted molar refractivity (Wildman–Crippen MR) is 128 cm³/mol. The molecule has 3 N–H and O–H groups in total. The topological polar surface area (TPSA) is 76.2 Å². The van der Waals surface area contributed by atoms with E-state index in [9.17, 15) is 4.39 Å². The second-order valence-electron chi connectivity index (χ2n) is 7.25. The first-order valence-corrected chi connectivity index (χ1v) is 10.5. The van der Waals surface area contributed by atoms with Crippen molar-refractivity contribution in [2.45, 2.75) is 32.6 Å². The number of allylic oxidation sites excluding steroid dienone is 5. The summed E-state index contributed by atoms with van der Waals surface area (Å²) in [5.74, 6) is 0.643. The molecular formula is C25H28FN5. The van der Waals surface area contributed by atoms with Crippen LogP contribution in [0.15, 0.2) is 83.6 Å². The Hall–Kier alpha value is -3.54. The van der Waals surface area contributed by atoms with Gasteiger partial charge in [-0.25, -0.2) is 19.4 Å². The summed E-state index contributed by atoms with van der Waals surface area (Å²) in [6, 6.07) is 5.75. The van der Waals surface area contributed by atoms with Crippen LogP contribution in [0.3, 0.4) is 0 Å². The number of nitrogens with zero attached hydrogens (tertiary/aromatic N) is 3. The zero-order valence-corrected chi connectivity index (χ0v) is 17.8. The van der Waals surface area contributed by atoms with Gasteiger partial charge in [0.25, 0.3) is 0 Å². The minimum atomic E-state index is -0.249. The van der Waals surface area contributed by atoms with Gasteiger partial charge in [-0.15, -0.1) is 6.58 Å². The van der Waals surface area contributed by atoms with Gasteiger partial charge >= 0.3 is 0 Å². The van der Waals surface area contributed by atoms with Crippen LogP contribution in [0.1, 0.15) is 38.2 Å². The van der Waals surface area contributed by atoms with Crippen molar-refractivity contribution in [2.24, 2.45) is 10.7 Å². The number of halogens is 1. The van der Waals surface area contributed by atoms with Crippen LogP contribution in [-0.2, 0) is 0 Å².